The van der Waals surface area contributed by atoms with Crippen molar-refractivity contribution in [2.45, 2.75) is 43.2 Å². The Hall–Kier alpha value is -1.81. The molecule has 2 saturated heterocycles. The first-order valence-electron chi connectivity index (χ1n) is 8.09. The molecule has 0 radical (unpaired) electrons. The third-order valence-corrected chi connectivity index (χ3v) is 4.80. The van der Waals surface area contributed by atoms with Crippen molar-refractivity contribution in [2.24, 2.45) is 0 Å². The maximum atomic E-state index is 12.6. The average molecular weight is 363 g/mol. The number of alkyl halides is 3. The van der Waals surface area contributed by atoms with E-state index >= 15 is 0 Å². The van der Waals surface area contributed by atoms with Crippen LogP contribution in [0.3, 0.4) is 0 Å². The van der Waals surface area contributed by atoms with E-state index < -0.39 is 25.0 Å². The zero-order valence-corrected chi connectivity index (χ0v) is 13.5. The smallest absolute Gasteiger partial charge is 0.427 e. The molecular weight excluding hydrogens is 343 g/mol. The van der Waals surface area contributed by atoms with Crippen molar-refractivity contribution < 1.29 is 32.5 Å². The number of aromatic nitrogens is 2. The van der Waals surface area contributed by atoms with Crippen LogP contribution in [0.4, 0.5) is 18.0 Å². The molecule has 7 nitrogen and oxygen atoms in total. The number of piperidine rings is 1. The van der Waals surface area contributed by atoms with Crippen molar-refractivity contribution in [1.29, 1.82) is 0 Å². The molecule has 10 heteroatoms. The van der Waals surface area contributed by atoms with Crippen molar-refractivity contribution in [2.75, 3.05) is 26.3 Å². The highest BCUT2D eigenvalue weighted by molar-refractivity contribution is 5.68. The molecule has 1 aromatic rings. The second-order valence-corrected chi connectivity index (χ2v) is 6.42. The number of aliphatic hydroxyl groups is 1. The number of rotatable bonds is 3. The molecule has 0 saturated carbocycles. The minimum absolute atomic E-state index is 0.123. The highest BCUT2D eigenvalue weighted by atomic mass is 19.4. The van der Waals surface area contributed by atoms with E-state index in [-0.39, 0.29) is 24.7 Å². The maximum Gasteiger partial charge on any atom is 0.427 e. The van der Waals surface area contributed by atoms with E-state index in [0.717, 1.165) is 6.42 Å². The van der Waals surface area contributed by atoms with Gasteiger partial charge < -0.3 is 19.5 Å². The molecule has 0 aliphatic carbocycles. The Morgan fingerprint density at radius 1 is 1.44 bits per heavy atom. The second kappa shape index (κ2) is 6.83. The molecule has 25 heavy (non-hydrogen) atoms. The van der Waals surface area contributed by atoms with E-state index in [9.17, 15) is 18.0 Å². The maximum absolute atomic E-state index is 12.6. The van der Waals surface area contributed by atoms with E-state index in [0.29, 0.717) is 19.4 Å². The van der Waals surface area contributed by atoms with Gasteiger partial charge >= 0.3 is 12.3 Å². The number of carbonyl (C=O) groups excluding carboxylic acids is 1. The Bertz CT molecular complexity index is 585. The summed E-state index contributed by atoms with van der Waals surface area (Å²) in [5, 5.41) is 13.0. The highest BCUT2D eigenvalue weighted by Crippen LogP contribution is 2.40. The molecule has 1 N–H and O–H groups in total. The van der Waals surface area contributed by atoms with E-state index in [1.165, 1.54) is 4.90 Å². The summed E-state index contributed by atoms with van der Waals surface area (Å²) in [5.41, 5.74) is -0.381. The fourth-order valence-corrected chi connectivity index (χ4v) is 3.34. The van der Waals surface area contributed by atoms with Crippen LogP contribution >= 0.6 is 0 Å². The van der Waals surface area contributed by atoms with Crippen molar-refractivity contribution in [3.63, 3.8) is 0 Å². The molecule has 3 rings (SSSR count). The number of carbonyl (C=O) groups is 1. The van der Waals surface area contributed by atoms with Gasteiger partial charge in [-0.1, -0.05) is 0 Å². The van der Waals surface area contributed by atoms with Gasteiger partial charge in [0.1, 0.15) is 0 Å². The largest absolute Gasteiger partial charge is 0.434 e. The average Bonchev–Trinajstić information content (AvgIpc) is 3.22. The summed E-state index contributed by atoms with van der Waals surface area (Å²) >= 11 is 0. The lowest BCUT2D eigenvalue weighted by atomic mass is 9.87. The summed E-state index contributed by atoms with van der Waals surface area (Å²) in [6.45, 7) is -0.268. The third-order valence-electron chi connectivity index (χ3n) is 4.80. The van der Waals surface area contributed by atoms with E-state index in [2.05, 4.69) is 9.84 Å². The normalized spacial score (nSPS) is 24.5. The molecular formula is C15H20F3N3O4. The van der Waals surface area contributed by atoms with Gasteiger partial charge in [0, 0.05) is 31.9 Å². The first kappa shape index (κ1) is 18.0. The summed E-state index contributed by atoms with van der Waals surface area (Å²) in [6, 6.07) is 1.96. The number of hydrogen-bond donors (Lipinski definition) is 1. The molecule has 2 unspecified atom stereocenters. The topological polar surface area (TPSA) is 76.8 Å². The standard InChI is InChI=1S/C15H20F3N3O4/c16-15(17,18)12(9-22)25-13(23)20-6-2-14(3-7-20)8-11(10-24-14)21-5-1-4-19-21/h1,4-5,11-12,22H,2-3,6-10H2. The molecule has 2 fully saturated rings. The lowest BCUT2D eigenvalue weighted by molar-refractivity contribution is -0.215. The van der Waals surface area contributed by atoms with Crippen LogP contribution in [0.15, 0.2) is 18.5 Å². The third kappa shape index (κ3) is 3.90. The molecule has 1 aromatic heterocycles. The summed E-state index contributed by atoms with van der Waals surface area (Å²) in [7, 11) is 0. The Kier molecular flexibility index (Phi) is 4.92. The number of amides is 1. The molecule has 1 spiro atoms. The van der Waals surface area contributed by atoms with Crippen molar-refractivity contribution >= 4 is 6.09 Å². The molecule has 140 valence electrons. The second-order valence-electron chi connectivity index (χ2n) is 6.42. The fourth-order valence-electron chi connectivity index (χ4n) is 3.34. The number of nitrogens with zero attached hydrogens (tertiary/aromatic N) is 3. The SMILES string of the molecule is O=C(OC(CO)C(F)(F)F)N1CCC2(CC1)CC(n1cccn1)CO2. The lowest BCUT2D eigenvalue weighted by Crippen LogP contribution is -2.49. The van der Waals surface area contributed by atoms with Crippen LogP contribution in [-0.4, -0.2) is 70.1 Å². The van der Waals surface area contributed by atoms with Crippen molar-refractivity contribution in [3.8, 4) is 0 Å². The zero-order valence-electron chi connectivity index (χ0n) is 13.5. The molecule has 2 aliphatic rings. The van der Waals surface area contributed by atoms with Gasteiger partial charge in [-0.25, -0.2) is 4.79 Å². The Balaban J connectivity index is 1.53. The molecule has 3 heterocycles. The quantitative estimate of drug-likeness (QED) is 0.885. The van der Waals surface area contributed by atoms with Crippen LogP contribution in [-0.2, 0) is 9.47 Å². The number of halogens is 3. The van der Waals surface area contributed by atoms with E-state index in [1.807, 2.05) is 16.9 Å². The predicted molar refractivity (Wildman–Crippen MR) is 78.8 cm³/mol. The van der Waals surface area contributed by atoms with Gasteiger partial charge in [0.25, 0.3) is 0 Å². The van der Waals surface area contributed by atoms with Crippen LogP contribution in [0.1, 0.15) is 25.3 Å². The van der Waals surface area contributed by atoms with Gasteiger partial charge in [-0.2, -0.15) is 18.3 Å². The lowest BCUT2D eigenvalue weighted by Gasteiger charge is -2.38. The summed E-state index contributed by atoms with van der Waals surface area (Å²) < 4.78 is 49.9. The highest BCUT2D eigenvalue weighted by Gasteiger charge is 2.46. The molecule has 1 amide bonds. The summed E-state index contributed by atoms with van der Waals surface area (Å²) in [6.07, 6.45) is -2.98. The van der Waals surface area contributed by atoms with Gasteiger partial charge in [-0.05, 0) is 18.9 Å². The number of ether oxygens (including phenoxy) is 2. The Labute approximate surface area is 142 Å². The minimum Gasteiger partial charge on any atom is -0.434 e. The van der Waals surface area contributed by atoms with Crippen LogP contribution in [0.5, 0.6) is 0 Å². The first-order chi connectivity index (χ1) is 11.8. The Morgan fingerprint density at radius 3 is 2.72 bits per heavy atom. The minimum atomic E-state index is -4.78. The van der Waals surface area contributed by atoms with E-state index in [1.54, 1.807) is 6.20 Å². The molecule has 0 bridgehead atoms. The monoisotopic (exact) mass is 363 g/mol. The number of hydrogen-bond acceptors (Lipinski definition) is 5. The predicted octanol–water partition coefficient (Wildman–Crippen LogP) is 1.74. The van der Waals surface area contributed by atoms with Crippen molar-refractivity contribution in [3.05, 3.63) is 18.5 Å². The van der Waals surface area contributed by atoms with Crippen LogP contribution in [0.2, 0.25) is 0 Å². The van der Waals surface area contributed by atoms with E-state index in [4.69, 9.17) is 9.84 Å². The van der Waals surface area contributed by atoms with Crippen LogP contribution in [0, 0.1) is 0 Å². The van der Waals surface area contributed by atoms with Gasteiger partial charge in [-0.15, -0.1) is 0 Å². The zero-order chi connectivity index (χ0) is 18.1. The van der Waals surface area contributed by atoms with Gasteiger partial charge in [0.15, 0.2) is 0 Å². The van der Waals surface area contributed by atoms with Crippen LogP contribution in [0.25, 0.3) is 0 Å². The Morgan fingerprint density at radius 2 is 2.16 bits per heavy atom. The number of likely N-dealkylation sites (tertiary alicyclic amines) is 1. The van der Waals surface area contributed by atoms with Gasteiger partial charge in [0.05, 0.1) is 24.9 Å². The van der Waals surface area contributed by atoms with Crippen LogP contribution < -0.4 is 0 Å². The van der Waals surface area contributed by atoms with Gasteiger partial charge in [-0.3, -0.25) is 4.68 Å². The fraction of sp³-hybridized carbons (Fsp3) is 0.733. The number of aliphatic hydroxyl groups excluding tert-OH is 1. The summed E-state index contributed by atoms with van der Waals surface area (Å²) in [5.74, 6) is 0. The first-order valence-corrected chi connectivity index (χ1v) is 8.09. The molecule has 0 aromatic carbocycles. The van der Waals surface area contributed by atoms with Crippen molar-refractivity contribution in [1.82, 2.24) is 14.7 Å². The van der Waals surface area contributed by atoms with Gasteiger partial charge in [0.2, 0.25) is 6.10 Å². The summed E-state index contributed by atoms with van der Waals surface area (Å²) in [4.78, 5) is 13.1. The molecule has 2 aliphatic heterocycles. The molecule has 2 atom stereocenters.